The van der Waals surface area contributed by atoms with Crippen molar-refractivity contribution in [2.45, 2.75) is 13.8 Å². The van der Waals surface area contributed by atoms with Gasteiger partial charge in [-0.1, -0.05) is 13.8 Å². The second-order valence-corrected chi connectivity index (χ2v) is 5.22. The second kappa shape index (κ2) is 3.93. The molecule has 6 heteroatoms. The normalized spacial score (nSPS) is 25.0. The summed E-state index contributed by atoms with van der Waals surface area (Å²) < 4.78 is 4.01. The van der Waals surface area contributed by atoms with Gasteiger partial charge in [0.1, 0.15) is 10.6 Å². The largest absolute Gasteiger partial charge is 0.382 e. The van der Waals surface area contributed by atoms with Gasteiger partial charge < -0.3 is 16.4 Å². The third kappa shape index (κ3) is 1.73. The summed E-state index contributed by atoms with van der Waals surface area (Å²) in [5.74, 6) is 0.987. The molecule has 5 nitrogen and oxygen atoms in total. The van der Waals surface area contributed by atoms with Crippen LogP contribution in [0.4, 0.5) is 10.8 Å². The van der Waals surface area contributed by atoms with Crippen LogP contribution in [0.3, 0.4) is 0 Å². The predicted molar refractivity (Wildman–Crippen MR) is 65.6 cm³/mol. The van der Waals surface area contributed by atoms with E-state index in [1.807, 2.05) is 0 Å². The zero-order valence-corrected chi connectivity index (χ0v) is 10.3. The molecule has 1 aromatic rings. The molecule has 1 aliphatic heterocycles. The minimum atomic E-state index is -0.492. The zero-order chi connectivity index (χ0) is 11.9. The maximum absolute atomic E-state index is 11.3. The summed E-state index contributed by atoms with van der Waals surface area (Å²) in [4.78, 5) is 13.5. The van der Waals surface area contributed by atoms with Gasteiger partial charge >= 0.3 is 0 Å². The van der Waals surface area contributed by atoms with Gasteiger partial charge in [-0.15, -0.1) is 0 Å². The minimum absolute atomic E-state index is 0.250. The number of nitrogens with zero attached hydrogens (tertiary/aromatic N) is 2. The summed E-state index contributed by atoms with van der Waals surface area (Å²) in [6.45, 7) is 6.28. The fourth-order valence-electron chi connectivity index (χ4n) is 2.04. The van der Waals surface area contributed by atoms with Crippen molar-refractivity contribution < 1.29 is 4.79 Å². The van der Waals surface area contributed by atoms with E-state index in [4.69, 9.17) is 11.5 Å². The Morgan fingerprint density at radius 2 is 2.00 bits per heavy atom. The van der Waals surface area contributed by atoms with E-state index < -0.39 is 5.91 Å². The van der Waals surface area contributed by atoms with Crippen molar-refractivity contribution in [3.05, 3.63) is 5.56 Å². The summed E-state index contributed by atoms with van der Waals surface area (Å²) in [5.41, 5.74) is 11.3. The third-order valence-electron chi connectivity index (χ3n) is 3.22. The number of hydrogen-bond donors (Lipinski definition) is 2. The van der Waals surface area contributed by atoms with Crippen LogP contribution >= 0.6 is 11.5 Å². The quantitative estimate of drug-likeness (QED) is 0.804. The Hall–Kier alpha value is -1.30. The van der Waals surface area contributed by atoms with E-state index >= 15 is 0 Å². The first-order chi connectivity index (χ1) is 7.50. The number of nitrogens with two attached hydrogens (primary N) is 2. The maximum atomic E-state index is 11.3. The van der Waals surface area contributed by atoms with Crippen LogP contribution in [-0.4, -0.2) is 23.4 Å². The molecule has 1 amide bonds. The fourth-order valence-corrected chi connectivity index (χ4v) is 2.87. The molecule has 0 aromatic carbocycles. The first-order valence-corrected chi connectivity index (χ1v) is 6.08. The van der Waals surface area contributed by atoms with E-state index in [1.165, 1.54) is 11.5 Å². The Morgan fingerprint density at radius 3 is 2.50 bits per heavy atom. The van der Waals surface area contributed by atoms with Gasteiger partial charge in [-0.05, 0) is 23.4 Å². The van der Waals surface area contributed by atoms with Crippen molar-refractivity contribution in [3.63, 3.8) is 0 Å². The second-order valence-electron chi connectivity index (χ2n) is 4.47. The van der Waals surface area contributed by atoms with E-state index in [1.54, 1.807) is 0 Å². The molecule has 1 fully saturated rings. The Balaban J connectivity index is 2.31. The lowest BCUT2D eigenvalue weighted by atomic mass is 10.0. The monoisotopic (exact) mass is 240 g/mol. The van der Waals surface area contributed by atoms with Gasteiger partial charge in [0, 0.05) is 13.1 Å². The smallest absolute Gasteiger partial charge is 0.255 e. The van der Waals surface area contributed by atoms with Gasteiger partial charge in [-0.3, -0.25) is 4.79 Å². The van der Waals surface area contributed by atoms with E-state index in [0.29, 0.717) is 17.4 Å². The average molecular weight is 240 g/mol. The van der Waals surface area contributed by atoms with Gasteiger partial charge in [0.05, 0.1) is 0 Å². The molecule has 0 spiro atoms. The van der Waals surface area contributed by atoms with Gasteiger partial charge in [-0.2, -0.15) is 4.37 Å². The fraction of sp³-hybridized carbons (Fsp3) is 0.600. The van der Waals surface area contributed by atoms with Crippen LogP contribution in [0.2, 0.25) is 0 Å². The molecule has 0 bridgehead atoms. The standard InChI is InChI=1S/C10H16N4OS/c1-5-3-14(4-6(5)2)10-7(9(12)15)8(11)13-16-10/h5-6H,3-4H2,1-2H3,(H2,11,13)(H2,12,15). The van der Waals surface area contributed by atoms with Crippen molar-refractivity contribution in [2.75, 3.05) is 23.7 Å². The van der Waals surface area contributed by atoms with Gasteiger partial charge in [0.2, 0.25) is 0 Å². The highest BCUT2D eigenvalue weighted by Gasteiger charge is 2.30. The van der Waals surface area contributed by atoms with E-state index in [2.05, 4.69) is 23.1 Å². The van der Waals surface area contributed by atoms with Crippen LogP contribution in [-0.2, 0) is 0 Å². The van der Waals surface area contributed by atoms with Crippen LogP contribution in [0.1, 0.15) is 24.2 Å². The number of amides is 1. The van der Waals surface area contributed by atoms with Crippen LogP contribution < -0.4 is 16.4 Å². The number of carbonyl (C=O) groups is 1. The molecule has 2 heterocycles. The van der Waals surface area contributed by atoms with Crippen LogP contribution in [0, 0.1) is 11.8 Å². The lowest BCUT2D eigenvalue weighted by molar-refractivity contribution is 0.100. The average Bonchev–Trinajstić information content (AvgIpc) is 2.71. The first kappa shape index (κ1) is 11.2. The van der Waals surface area contributed by atoms with Crippen molar-refractivity contribution in [1.29, 1.82) is 0 Å². The van der Waals surface area contributed by atoms with Crippen LogP contribution in [0.5, 0.6) is 0 Å². The molecule has 4 N–H and O–H groups in total. The van der Waals surface area contributed by atoms with Crippen molar-refractivity contribution in [3.8, 4) is 0 Å². The summed E-state index contributed by atoms with van der Waals surface area (Å²) in [6.07, 6.45) is 0. The number of rotatable bonds is 2. The molecule has 2 unspecified atom stereocenters. The maximum Gasteiger partial charge on any atom is 0.255 e. The zero-order valence-electron chi connectivity index (χ0n) is 9.43. The molecule has 1 saturated heterocycles. The van der Waals surface area contributed by atoms with Gasteiger partial charge in [-0.25, -0.2) is 0 Å². The Kier molecular flexibility index (Phi) is 2.75. The van der Waals surface area contributed by atoms with Gasteiger partial charge in [0.25, 0.3) is 5.91 Å². The lowest BCUT2D eigenvalue weighted by Gasteiger charge is -2.16. The highest BCUT2D eigenvalue weighted by atomic mass is 32.1. The highest BCUT2D eigenvalue weighted by molar-refractivity contribution is 7.11. The van der Waals surface area contributed by atoms with Crippen LogP contribution in [0.25, 0.3) is 0 Å². The molecule has 2 rings (SSSR count). The molecule has 88 valence electrons. The lowest BCUT2D eigenvalue weighted by Crippen LogP contribution is -2.23. The van der Waals surface area contributed by atoms with Gasteiger partial charge in [0.15, 0.2) is 5.82 Å². The number of aromatic nitrogens is 1. The number of carbonyl (C=O) groups excluding carboxylic acids is 1. The minimum Gasteiger partial charge on any atom is -0.382 e. The van der Waals surface area contributed by atoms with E-state index in [0.717, 1.165) is 18.1 Å². The number of primary amides is 1. The Morgan fingerprint density at radius 1 is 1.44 bits per heavy atom. The molecular weight excluding hydrogens is 224 g/mol. The summed E-state index contributed by atoms with van der Waals surface area (Å²) in [7, 11) is 0. The summed E-state index contributed by atoms with van der Waals surface area (Å²) in [6, 6.07) is 0. The Labute approximate surface area is 98.6 Å². The molecule has 1 aromatic heterocycles. The van der Waals surface area contributed by atoms with Crippen LogP contribution in [0.15, 0.2) is 0 Å². The molecule has 1 aliphatic rings. The molecule has 0 radical (unpaired) electrons. The topological polar surface area (TPSA) is 85.2 Å². The van der Waals surface area contributed by atoms with Crippen molar-refractivity contribution in [2.24, 2.45) is 17.6 Å². The molecule has 0 saturated carbocycles. The predicted octanol–water partition coefficient (Wildman–Crippen LogP) is 0.916. The highest BCUT2D eigenvalue weighted by Crippen LogP contribution is 2.35. The first-order valence-electron chi connectivity index (χ1n) is 5.30. The summed E-state index contributed by atoms with van der Waals surface area (Å²) in [5, 5.41) is 0.821. The molecular formula is C10H16N4OS. The molecule has 16 heavy (non-hydrogen) atoms. The summed E-state index contributed by atoms with van der Waals surface area (Å²) >= 11 is 1.26. The SMILES string of the molecule is CC1CN(c2snc(N)c2C(N)=O)CC1C. The van der Waals surface area contributed by atoms with Crippen molar-refractivity contribution in [1.82, 2.24) is 4.37 Å². The number of nitrogen functional groups attached to an aromatic ring is 1. The third-order valence-corrected chi connectivity index (χ3v) is 4.15. The number of anilines is 2. The Bertz CT molecular complexity index is 407. The number of hydrogen-bond acceptors (Lipinski definition) is 5. The van der Waals surface area contributed by atoms with E-state index in [9.17, 15) is 4.79 Å². The molecule has 0 aliphatic carbocycles. The molecule has 2 atom stereocenters. The van der Waals surface area contributed by atoms with Crippen molar-refractivity contribution >= 4 is 28.3 Å². The van der Waals surface area contributed by atoms with E-state index in [-0.39, 0.29) is 5.82 Å².